The van der Waals surface area contributed by atoms with Crippen LogP contribution in [0.5, 0.6) is 0 Å². The Bertz CT molecular complexity index is 615. The van der Waals surface area contributed by atoms with Crippen molar-refractivity contribution in [3.8, 4) is 0 Å². The lowest BCUT2D eigenvalue weighted by molar-refractivity contribution is -0.173. The molecule has 0 aliphatic heterocycles. The molecule has 116 valence electrons. The molecular formula is C11H7ClF5NO3. The smallest absolute Gasteiger partial charge is 0.471 e. The highest BCUT2D eigenvalue weighted by Crippen LogP contribution is 2.30. The number of halogens is 6. The van der Waals surface area contributed by atoms with Crippen LogP contribution in [0.25, 0.3) is 0 Å². The normalized spacial score (nSPS) is 11.4. The van der Waals surface area contributed by atoms with E-state index in [9.17, 15) is 31.5 Å². The number of carboxylic acid groups (broad SMARTS) is 1. The molecule has 0 unspecified atom stereocenters. The summed E-state index contributed by atoms with van der Waals surface area (Å²) in [5.74, 6) is -7.38. The van der Waals surface area contributed by atoms with Gasteiger partial charge in [0.1, 0.15) is 0 Å². The summed E-state index contributed by atoms with van der Waals surface area (Å²) in [5.41, 5.74) is -1.90. The van der Waals surface area contributed by atoms with Crippen LogP contribution >= 0.6 is 11.6 Å². The lowest BCUT2D eigenvalue weighted by atomic mass is 10.0. The van der Waals surface area contributed by atoms with Crippen molar-refractivity contribution in [3.63, 3.8) is 0 Å². The highest BCUT2D eigenvalue weighted by Gasteiger charge is 2.38. The fourth-order valence-corrected chi connectivity index (χ4v) is 1.86. The molecule has 1 aromatic carbocycles. The van der Waals surface area contributed by atoms with Crippen LogP contribution in [0, 0.1) is 18.6 Å². The summed E-state index contributed by atoms with van der Waals surface area (Å²) in [6.07, 6.45) is -5.20. The van der Waals surface area contributed by atoms with Gasteiger partial charge in [-0.25, -0.2) is 13.6 Å². The van der Waals surface area contributed by atoms with Gasteiger partial charge >= 0.3 is 18.1 Å². The van der Waals surface area contributed by atoms with E-state index >= 15 is 0 Å². The zero-order chi connectivity index (χ0) is 16.5. The van der Waals surface area contributed by atoms with E-state index in [4.69, 9.17) is 16.7 Å². The molecule has 0 saturated heterocycles. The maximum atomic E-state index is 13.6. The Labute approximate surface area is 119 Å². The summed E-state index contributed by atoms with van der Waals surface area (Å²) in [5, 5.41) is 9.18. The van der Waals surface area contributed by atoms with Crippen LogP contribution in [0.4, 0.5) is 22.0 Å². The van der Waals surface area contributed by atoms with Crippen molar-refractivity contribution in [1.82, 2.24) is 5.32 Å². The Kier molecular flexibility index (Phi) is 4.77. The van der Waals surface area contributed by atoms with Gasteiger partial charge in [0.15, 0.2) is 11.6 Å². The number of alkyl halides is 3. The van der Waals surface area contributed by atoms with Crippen molar-refractivity contribution >= 4 is 23.5 Å². The van der Waals surface area contributed by atoms with E-state index < -0.39 is 52.4 Å². The fourth-order valence-electron chi connectivity index (χ4n) is 1.55. The molecule has 10 heteroatoms. The van der Waals surface area contributed by atoms with E-state index in [0.29, 0.717) is 0 Å². The molecule has 21 heavy (non-hydrogen) atoms. The molecule has 2 N–H and O–H groups in total. The number of amides is 1. The van der Waals surface area contributed by atoms with Gasteiger partial charge in [0.05, 0.1) is 10.6 Å². The average molecular weight is 332 g/mol. The number of rotatable bonds is 3. The highest BCUT2D eigenvalue weighted by molar-refractivity contribution is 6.33. The summed E-state index contributed by atoms with van der Waals surface area (Å²) in [4.78, 5) is 21.6. The van der Waals surface area contributed by atoms with Gasteiger partial charge in [-0.05, 0) is 12.5 Å². The first-order valence-corrected chi connectivity index (χ1v) is 5.60. The topological polar surface area (TPSA) is 66.4 Å². The molecule has 0 spiro atoms. The van der Waals surface area contributed by atoms with Gasteiger partial charge in [0.2, 0.25) is 0 Å². The van der Waals surface area contributed by atoms with E-state index in [1.807, 2.05) is 0 Å². The largest absolute Gasteiger partial charge is 0.478 e. The van der Waals surface area contributed by atoms with Gasteiger partial charge in [0.25, 0.3) is 0 Å². The fraction of sp³-hybridized carbons (Fsp3) is 0.273. The predicted molar refractivity (Wildman–Crippen MR) is 61.0 cm³/mol. The van der Waals surface area contributed by atoms with E-state index in [-0.39, 0.29) is 5.56 Å². The molecular weight excluding hydrogens is 325 g/mol. The number of carbonyl (C=O) groups is 2. The Morgan fingerprint density at radius 2 is 1.76 bits per heavy atom. The SMILES string of the molecule is Cc1c(CNC(=O)C(F)(F)F)c(F)c(F)c(Cl)c1C(=O)O. The number of nitrogens with one attached hydrogen (secondary N) is 1. The van der Waals surface area contributed by atoms with Crippen LogP contribution in [0.3, 0.4) is 0 Å². The van der Waals surface area contributed by atoms with Gasteiger partial charge < -0.3 is 10.4 Å². The van der Waals surface area contributed by atoms with Crippen LogP contribution in [-0.2, 0) is 11.3 Å². The van der Waals surface area contributed by atoms with Crippen molar-refractivity contribution in [1.29, 1.82) is 0 Å². The minimum atomic E-state index is -5.20. The Morgan fingerprint density at radius 3 is 2.19 bits per heavy atom. The molecule has 0 bridgehead atoms. The molecule has 0 atom stereocenters. The van der Waals surface area contributed by atoms with Crippen molar-refractivity contribution < 1.29 is 36.6 Å². The van der Waals surface area contributed by atoms with Gasteiger partial charge in [-0.2, -0.15) is 13.2 Å². The number of hydrogen-bond acceptors (Lipinski definition) is 2. The Balaban J connectivity index is 3.25. The van der Waals surface area contributed by atoms with Gasteiger partial charge in [-0.1, -0.05) is 11.6 Å². The first-order valence-electron chi connectivity index (χ1n) is 5.22. The third kappa shape index (κ3) is 3.41. The minimum absolute atomic E-state index is 0.381. The molecule has 0 radical (unpaired) electrons. The van der Waals surface area contributed by atoms with E-state index in [1.165, 1.54) is 5.32 Å². The molecule has 1 aromatic rings. The predicted octanol–water partition coefficient (Wildman–Crippen LogP) is 2.80. The molecule has 1 amide bonds. The van der Waals surface area contributed by atoms with Gasteiger partial charge in [0, 0.05) is 12.1 Å². The van der Waals surface area contributed by atoms with Crippen LogP contribution < -0.4 is 5.32 Å². The molecule has 4 nitrogen and oxygen atoms in total. The lowest BCUT2D eigenvalue weighted by Gasteiger charge is -2.14. The number of carbonyl (C=O) groups excluding carboxylic acids is 1. The second-order valence-corrected chi connectivity index (χ2v) is 4.28. The molecule has 0 aromatic heterocycles. The summed E-state index contributed by atoms with van der Waals surface area (Å²) >= 11 is 5.34. The van der Waals surface area contributed by atoms with Crippen molar-refractivity contribution in [2.45, 2.75) is 19.6 Å². The molecule has 0 aliphatic carbocycles. The monoisotopic (exact) mass is 331 g/mol. The number of benzene rings is 1. The van der Waals surface area contributed by atoms with E-state index in [0.717, 1.165) is 6.92 Å². The molecule has 0 heterocycles. The third-order valence-corrected chi connectivity index (χ3v) is 2.95. The maximum Gasteiger partial charge on any atom is 0.471 e. The van der Waals surface area contributed by atoms with Gasteiger partial charge in [-0.15, -0.1) is 0 Å². The summed E-state index contributed by atoms with van der Waals surface area (Å²) < 4.78 is 63.1. The van der Waals surface area contributed by atoms with Crippen LogP contribution in [-0.4, -0.2) is 23.2 Å². The Morgan fingerprint density at radius 1 is 1.24 bits per heavy atom. The average Bonchev–Trinajstić information content (AvgIpc) is 2.34. The number of carboxylic acids is 1. The highest BCUT2D eigenvalue weighted by atomic mass is 35.5. The quantitative estimate of drug-likeness (QED) is 0.661. The van der Waals surface area contributed by atoms with Crippen LogP contribution in [0.15, 0.2) is 0 Å². The van der Waals surface area contributed by atoms with Crippen LogP contribution in [0.2, 0.25) is 5.02 Å². The zero-order valence-corrected chi connectivity index (χ0v) is 11.0. The number of hydrogen-bond donors (Lipinski definition) is 2. The second-order valence-electron chi connectivity index (χ2n) is 3.91. The van der Waals surface area contributed by atoms with Crippen LogP contribution in [0.1, 0.15) is 21.5 Å². The first kappa shape index (κ1) is 17.2. The molecule has 0 fully saturated rings. The summed E-state index contributed by atoms with van der Waals surface area (Å²) in [6, 6.07) is 0. The van der Waals surface area contributed by atoms with Crippen molar-refractivity contribution in [2.75, 3.05) is 0 Å². The first-order chi connectivity index (χ1) is 9.48. The van der Waals surface area contributed by atoms with Crippen molar-refractivity contribution in [2.24, 2.45) is 0 Å². The Hall–Kier alpha value is -1.90. The lowest BCUT2D eigenvalue weighted by Crippen LogP contribution is -2.36. The maximum absolute atomic E-state index is 13.6. The van der Waals surface area contributed by atoms with E-state index in [1.54, 1.807) is 0 Å². The number of aromatic carboxylic acids is 1. The zero-order valence-electron chi connectivity index (χ0n) is 10.2. The molecule has 0 saturated carbocycles. The van der Waals surface area contributed by atoms with Crippen molar-refractivity contribution in [3.05, 3.63) is 33.3 Å². The summed E-state index contributed by atoms with van der Waals surface area (Å²) in [6.45, 7) is -0.00267. The third-order valence-electron chi connectivity index (χ3n) is 2.59. The molecule has 1 rings (SSSR count). The van der Waals surface area contributed by atoms with Gasteiger partial charge in [-0.3, -0.25) is 4.79 Å². The minimum Gasteiger partial charge on any atom is -0.478 e. The standard InChI is InChI=1S/C11H7ClF5NO3/c1-3-4(2-18-10(21)11(15,16)17)7(13)8(14)6(12)5(3)9(19)20/h2H2,1H3,(H,18,21)(H,19,20). The molecule has 0 aliphatic rings. The van der Waals surface area contributed by atoms with E-state index in [2.05, 4.69) is 0 Å². The second kappa shape index (κ2) is 5.84. The summed E-state index contributed by atoms with van der Waals surface area (Å²) in [7, 11) is 0.